The highest BCUT2D eigenvalue weighted by atomic mass is 35.5. The van der Waals surface area contributed by atoms with Crippen molar-refractivity contribution in [3.63, 3.8) is 0 Å². The number of para-hydroxylation sites is 1. The Balaban J connectivity index is 1.68. The molecule has 0 saturated carbocycles. The zero-order valence-corrected chi connectivity index (χ0v) is 16.5. The lowest BCUT2D eigenvalue weighted by Gasteiger charge is -2.34. The molecule has 138 valence electrons. The van der Waals surface area contributed by atoms with E-state index in [0.717, 1.165) is 48.6 Å². The topological polar surface area (TPSA) is 29.5 Å². The first kappa shape index (κ1) is 18.8. The number of hydrogen-bond acceptors (Lipinski definition) is 3. The van der Waals surface area contributed by atoms with Gasteiger partial charge in [-0.15, -0.1) is 0 Å². The van der Waals surface area contributed by atoms with Gasteiger partial charge in [-0.2, -0.15) is 0 Å². The van der Waals surface area contributed by atoms with Crippen LogP contribution < -0.4 is 4.90 Å². The SMILES string of the molecule is COC(=O)c1cc(CC2CCN(c3ccccc3Cl)CC2)c(C)cc1C. The Morgan fingerprint density at radius 3 is 2.50 bits per heavy atom. The molecule has 0 bridgehead atoms. The van der Waals surface area contributed by atoms with Gasteiger partial charge in [-0.1, -0.05) is 29.8 Å². The predicted octanol–water partition coefficient (Wildman–Crippen LogP) is 5.20. The van der Waals surface area contributed by atoms with Gasteiger partial charge in [0.25, 0.3) is 0 Å². The van der Waals surface area contributed by atoms with Crippen molar-refractivity contribution >= 4 is 23.3 Å². The van der Waals surface area contributed by atoms with E-state index >= 15 is 0 Å². The predicted molar refractivity (Wildman–Crippen MR) is 107 cm³/mol. The number of hydrogen-bond donors (Lipinski definition) is 0. The maximum atomic E-state index is 12.0. The maximum Gasteiger partial charge on any atom is 0.338 e. The molecule has 0 aliphatic carbocycles. The molecule has 2 aromatic carbocycles. The lowest BCUT2D eigenvalue weighted by Crippen LogP contribution is -2.34. The van der Waals surface area contributed by atoms with Crippen LogP contribution in [0, 0.1) is 19.8 Å². The Labute approximate surface area is 160 Å². The number of ether oxygens (including phenoxy) is 1. The molecular weight excluding hydrogens is 346 g/mol. The van der Waals surface area contributed by atoms with Crippen molar-refractivity contribution in [2.75, 3.05) is 25.1 Å². The van der Waals surface area contributed by atoms with E-state index in [1.807, 2.05) is 31.2 Å². The number of carbonyl (C=O) groups excluding carboxylic acids is 1. The molecule has 3 nitrogen and oxygen atoms in total. The average Bonchev–Trinajstić information content (AvgIpc) is 2.64. The summed E-state index contributed by atoms with van der Waals surface area (Å²) < 4.78 is 4.92. The number of piperidine rings is 1. The first-order valence-electron chi connectivity index (χ1n) is 9.17. The largest absolute Gasteiger partial charge is 0.465 e. The van der Waals surface area contributed by atoms with Crippen LogP contribution in [-0.4, -0.2) is 26.2 Å². The molecule has 3 rings (SSSR count). The van der Waals surface area contributed by atoms with Gasteiger partial charge in [0, 0.05) is 13.1 Å². The fourth-order valence-corrected chi connectivity index (χ4v) is 4.10. The van der Waals surface area contributed by atoms with Crippen LogP contribution in [0.15, 0.2) is 36.4 Å². The summed E-state index contributed by atoms with van der Waals surface area (Å²) in [6, 6.07) is 12.2. The van der Waals surface area contributed by atoms with Crippen LogP contribution in [0.1, 0.15) is 39.9 Å². The molecule has 4 heteroatoms. The van der Waals surface area contributed by atoms with Gasteiger partial charge in [-0.05, 0) is 73.9 Å². The summed E-state index contributed by atoms with van der Waals surface area (Å²) in [6.45, 7) is 6.12. The smallest absolute Gasteiger partial charge is 0.338 e. The van der Waals surface area contributed by atoms with Crippen LogP contribution in [0.25, 0.3) is 0 Å². The molecule has 1 heterocycles. The Kier molecular flexibility index (Phi) is 5.87. The van der Waals surface area contributed by atoms with Crippen LogP contribution in [0.2, 0.25) is 5.02 Å². The van der Waals surface area contributed by atoms with Crippen LogP contribution >= 0.6 is 11.6 Å². The number of aryl methyl sites for hydroxylation is 2. The van der Waals surface area contributed by atoms with E-state index in [1.165, 1.54) is 18.2 Å². The minimum atomic E-state index is -0.253. The summed E-state index contributed by atoms with van der Waals surface area (Å²) in [4.78, 5) is 14.4. The zero-order valence-electron chi connectivity index (χ0n) is 15.7. The Hall–Kier alpha value is -2.00. The summed E-state index contributed by atoms with van der Waals surface area (Å²) in [7, 11) is 1.44. The normalized spacial score (nSPS) is 15.2. The summed E-state index contributed by atoms with van der Waals surface area (Å²) >= 11 is 6.33. The molecule has 0 radical (unpaired) electrons. The van der Waals surface area contributed by atoms with Crippen molar-refractivity contribution in [1.29, 1.82) is 0 Å². The molecule has 1 aliphatic heterocycles. The van der Waals surface area contributed by atoms with Crippen molar-refractivity contribution in [1.82, 2.24) is 0 Å². The van der Waals surface area contributed by atoms with Crippen LogP contribution in [0.5, 0.6) is 0 Å². The molecule has 0 unspecified atom stereocenters. The number of esters is 1. The summed E-state index contributed by atoms with van der Waals surface area (Å²) in [5.74, 6) is 0.373. The van der Waals surface area contributed by atoms with E-state index in [-0.39, 0.29) is 5.97 Å². The molecule has 0 amide bonds. The summed E-state index contributed by atoms with van der Waals surface area (Å²) in [5, 5.41) is 0.822. The van der Waals surface area contributed by atoms with Crippen molar-refractivity contribution in [3.05, 3.63) is 63.7 Å². The fourth-order valence-electron chi connectivity index (χ4n) is 3.84. The zero-order chi connectivity index (χ0) is 18.7. The van der Waals surface area contributed by atoms with Gasteiger partial charge in [0.15, 0.2) is 0 Å². The highest BCUT2D eigenvalue weighted by Crippen LogP contribution is 2.31. The van der Waals surface area contributed by atoms with Crippen LogP contribution in [0.3, 0.4) is 0 Å². The van der Waals surface area contributed by atoms with Crippen LogP contribution in [0.4, 0.5) is 5.69 Å². The quantitative estimate of drug-likeness (QED) is 0.691. The van der Waals surface area contributed by atoms with E-state index in [1.54, 1.807) is 0 Å². The van der Waals surface area contributed by atoms with Gasteiger partial charge in [0.05, 0.1) is 23.4 Å². The Morgan fingerprint density at radius 2 is 1.85 bits per heavy atom. The van der Waals surface area contributed by atoms with E-state index in [0.29, 0.717) is 11.5 Å². The van der Waals surface area contributed by atoms with Crippen molar-refractivity contribution in [2.45, 2.75) is 33.1 Å². The standard InChI is InChI=1S/C22H26ClNO2/c1-15-12-16(2)19(22(25)26-3)14-18(15)13-17-8-10-24(11-9-17)21-7-5-4-6-20(21)23/h4-7,12,14,17H,8-11,13H2,1-3H3. The molecule has 0 atom stereocenters. The van der Waals surface area contributed by atoms with E-state index in [2.05, 4.69) is 24.0 Å². The van der Waals surface area contributed by atoms with E-state index in [4.69, 9.17) is 16.3 Å². The minimum absolute atomic E-state index is 0.253. The maximum absolute atomic E-state index is 12.0. The number of rotatable bonds is 4. The second-order valence-corrected chi connectivity index (χ2v) is 7.58. The number of nitrogens with zero attached hydrogens (tertiary/aromatic N) is 1. The van der Waals surface area contributed by atoms with E-state index in [9.17, 15) is 4.79 Å². The monoisotopic (exact) mass is 371 g/mol. The molecular formula is C22H26ClNO2. The number of anilines is 1. The molecule has 1 aliphatic rings. The minimum Gasteiger partial charge on any atom is -0.465 e. The van der Waals surface area contributed by atoms with Crippen molar-refractivity contribution in [3.8, 4) is 0 Å². The van der Waals surface area contributed by atoms with Gasteiger partial charge in [-0.3, -0.25) is 0 Å². The Morgan fingerprint density at radius 1 is 1.15 bits per heavy atom. The van der Waals surface area contributed by atoms with Gasteiger partial charge < -0.3 is 9.64 Å². The first-order valence-corrected chi connectivity index (χ1v) is 9.55. The van der Waals surface area contributed by atoms with Crippen molar-refractivity contribution < 1.29 is 9.53 Å². The van der Waals surface area contributed by atoms with Gasteiger partial charge in [0.2, 0.25) is 0 Å². The molecule has 0 N–H and O–H groups in total. The lowest BCUT2D eigenvalue weighted by atomic mass is 9.87. The fraction of sp³-hybridized carbons (Fsp3) is 0.409. The molecule has 2 aromatic rings. The third kappa shape index (κ3) is 4.04. The first-order chi connectivity index (χ1) is 12.5. The third-order valence-corrected chi connectivity index (χ3v) is 5.72. The highest BCUT2D eigenvalue weighted by molar-refractivity contribution is 6.33. The average molecular weight is 372 g/mol. The summed E-state index contributed by atoms with van der Waals surface area (Å²) in [5.41, 5.74) is 5.30. The molecule has 26 heavy (non-hydrogen) atoms. The van der Waals surface area contributed by atoms with Crippen LogP contribution in [-0.2, 0) is 11.2 Å². The van der Waals surface area contributed by atoms with Gasteiger partial charge in [-0.25, -0.2) is 4.79 Å². The molecule has 1 fully saturated rings. The highest BCUT2D eigenvalue weighted by Gasteiger charge is 2.22. The number of carbonyl (C=O) groups is 1. The molecule has 0 aromatic heterocycles. The van der Waals surface area contributed by atoms with E-state index < -0.39 is 0 Å². The second kappa shape index (κ2) is 8.13. The third-order valence-electron chi connectivity index (χ3n) is 5.40. The number of halogens is 1. The number of methoxy groups -OCH3 is 1. The summed E-state index contributed by atoms with van der Waals surface area (Å²) in [6.07, 6.45) is 3.27. The van der Waals surface area contributed by atoms with Gasteiger partial charge in [0.1, 0.15) is 0 Å². The van der Waals surface area contributed by atoms with Gasteiger partial charge >= 0.3 is 5.97 Å². The second-order valence-electron chi connectivity index (χ2n) is 7.17. The Bertz CT molecular complexity index is 795. The number of benzene rings is 2. The molecule has 0 spiro atoms. The molecule has 1 saturated heterocycles. The lowest BCUT2D eigenvalue weighted by molar-refractivity contribution is 0.0599. The van der Waals surface area contributed by atoms with Crippen molar-refractivity contribution in [2.24, 2.45) is 5.92 Å².